The van der Waals surface area contributed by atoms with Crippen LogP contribution in [0.1, 0.15) is 11.3 Å². The second kappa shape index (κ2) is 9.94. The lowest BCUT2D eigenvalue weighted by Crippen LogP contribution is -2.41. The molecule has 1 atom stereocenters. The van der Waals surface area contributed by atoms with Crippen LogP contribution in [-0.2, 0) is 10.9 Å². The molecule has 1 aromatic carbocycles. The molecule has 3 heterocycles. The molecule has 0 bridgehead atoms. The number of hydrogen-bond donors (Lipinski definition) is 3. The van der Waals surface area contributed by atoms with Crippen molar-refractivity contribution in [3.8, 4) is 28.8 Å². The first-order valence-electron chi connectivity index (χ1n) is 10.2. The largest absolute Gasteiger partial charge is 0.496 e. The fraction of sp³-hybridized carbons (Fsp3) is 0.333. The third-order valence-electron chi connectivity index (χ3n) is 4.91. The van der Waals surface area contributed by atoms with Gasteiger partial charge in [0.05, 0.1) is 42.9 Å². The second-order valence-corrected chi connectivity index (χ2v) is 7.25. The number of rotatable bonds is 7. The summed E-state index contributed by atoms with van der Waals surface area (Å²) in [7, 11) is 1.28. The molecule has 1 saturated heterocycles. The molecule has 0 aliphatic carbocycles. The fourth-order valence-electron chi connectivity index (χ4n) is 3.30. The summed E-state index contributed by atoms with van der Waals surface area (Å²) in [4.78, 5) is 7.97. The Hall–Kier alpha value is -3.89. The number of nitrogens with zero attached hydrogens (tertiary/aromatic N) is 4. The Kier molecular flexibility index (Phi) is 6.80. The van der Waals surface area contributed by atoms with Crippen molar-refractivity contribution in [1.29, 1.82) is 5.26 Å². The van der Waals surface area contributed by atoms with Gasteiger partial charge in [-0.1, -0.05) is 0 Å². The standard InChI is InChI=1S/C21H20F3N7O3/c1-32-16-4-12(21(22,23)24)5-17(34-11-14-9-26-2-3-33-14)20(16)15-6-18(31-30-15)29-19-10-27-13(7-25)8-28-19/h4-6,8,10,14,26H,2-3,9,11H2,1H3,(H2,28,29,30,31)/t14-/m0/s1. The number of aromatic nitrogens is 4. The van der Waals surface area contributed by atoms with Crippen molar-refractivity contribution < 1.29 is 27.4 Å². The Morgan fingerprint density at radius 1 is 1.21 bits per heavy atom. The van der Waals surface area contributed by atoms with E-state index in [0.29, 0.717) is 37.0 Å². The highest BCUT2D eigenvalue weighted by Crippen LogP contribution is 2.43. The van der Waals surface area contributed by atoms with E-state index in [1.807, 2.05) is 6.07 Å². The van der Waals surface area contributed by atoms with Gasteiger partial charge >= 0.3 is 6.18 Å². The minimum atomic E-state index is -4.60. The zero-order valence-electron chi connectivity index (χ0n) is 17.9. The molecule has 1 aliphatic rings. The highest BCUT2D eigenvalue weighted by atomic mass is 19.4. The number of alkyl halides is 3. The van der Waals surface area contributed by atoms with E-state index in [9.17, 15) is 13.2 Å². The molecule has 13 heteroatoms. The highest BCUT2D eigenvalue weighted by molar-refractivity contribution is 5.77. The van der Waals surface area contributed by atoms with Crippen molar-refractivity contribution >= 4 is 11.6 Å². The third-order valence-corrected chi connectivity index (χ3v) is 4.91. The molecule has 178 valence electrons. The van der Waals surface area contributed by atoms with Crippen LogP contribution in [0.2, 0.25) is 0 Å². The summed E-state index contributed by atoms with van der Waals surface area (Å²) in [5.74, 6) is 0.576. The monoisotopic (exact) mass is 475 g/mol. The van der Waals surface area contributed by atoms with E-state index in [1.165, 1.54) is 19.5 Å². The zero-order valence-corrected chi connectivity index (χ0v) is 17.9. The van der Waals surface area contributed by atoms with Gasteiger partial charge in [-0.15, -0.1) is 0 Å². The predicted octanol–water partition coefficient (Wildman–Crippen LogP) is 2.88. The van der Waals surface area contributed by atoms with E-state index in [-0.39, 0.29) is 35.5 Å². The van der Waals surface area contributed by atoms with E-state index < -0.39 is 11.7 Å². The summed E-state index contributed by atoms with van der Waals surface area (Å²) >= 11 is 0. The summed E-state index contributed by atoms with van der Waals surface area (Å²) in [6.45, 7) is 1.76. The maximum Gasteiger partial charge on any atom is 0.416 e. The Bertz CT molecular complexity index is 1170. The summed E-state index contributed by atoms with van der Waals surface area (Å²) in [5, 5.41) is 21.8. The molecule has 0 unspecified atom stereocenters. The number of benzene rings is 1. The summed E-state index contributed by atoms with van der Waals surface area (Å²) in [6.07, 6.45) is -2.25. The number of nitriles is 1. The summed E-state index contributed by atoms with van der Waals surface area (Å²) in [6, 6.07) is 5.26. The Morgan fingerprint density at radius 2 is 2.03 bits per heavy atom. The van der Waals surface area contributed by atoms with E-state index in [1.54, 1.807) is 6.07 Å². The number of nitrogens with one attached hydrogen (secondary N) is 3. The fourth-order valence-corrected chi connectivity index (χ4v) is 3.30. The maximum absolute atomic E-state index is 13.5. The van der Waals surface area contributed by atoms with Crippen LogP contribution in [0.5, 0.6) is 11.5 Å². The van der Waals surface area contributed by atoms with Crippen molar-refractivity contribution in [1.82, 2.24) is 25.5 Å². The van der Waals surface area contributed by atoms with E-state index in [0.717, 1.165) is 12.1 Å². The highest BCUT2D eigenvalue weighted by Gasteiger charge is 2.34. The molecule has 3 N–H and O–H groups in total. The number of aromatic amines is 1. The van der Waals surface area contributed by atoms with Crippen LogP contribution < -0.4 is 20.1 Å². The van der Waals surface area contributed by atoms with Crippen LogP contribution in [0.25, 0.3) is 11.3 Å². The van der Waals surface area contributed by atoms with Gasteiger partial charge in [-0.25, -0.2) is 9.97 Å². The maximum atomic E-state index is 13.5. The van der Waals surface area contributed by atoms with Crippen molar-refractivity contribution in [3.63, 3.8) is 0 Å². The lowest BCUT2D eigenvalue weighted by atomic mass is 10.1. The van der Waals surface area contributed by atoms with Gasteiger partial charge in [0.1, 0.15) is 36.1 Å². The van der Waals surface area contributed by atoms with Crippen molar-refractivity contribution in [2.45, 2.75) is 12.3 Å². The summed E-state index contributed by atoms with van der Waals surface area (Å²) in [5.41, 5.74) is -0.128. The average molecular weight is 475 g/mol. The second-order valence-electron chi connectivity index (χ2n) is 7.25. The van der Waals surface area contributed by atoms with Gasteiger partial charge in [-0.2, -0.15) is 23.5 Å². The van der Waals surface area contributed by atoms with Crippen LogP contribution in [0, 0.1) is 11.3 Å². The van der Waals surface area contributed by atoms with Gasteiger partial charge in [0, 0.05) is 19.2 Å². The number of H-pyrrole nitrogens is 1. The Morgan fingerprint density at radius 3 is 2.68 bits per heavy atom. The van der Waals surface area contributed by atoms with Gasteiger partial charge in [0.2, 0.25) is 0 Å². The molecule has 2 aromatic heterocycles. The number of halogens is 3. The molecule has 34 heavy (non-hydrogen) atoms. The molecule has 0 spiro atoms. The number of methoxy groups -OCH3 is 1. The third kappa shape index (κ3) is 5.36. The normalized spacial score (nSPS) is 16.0. The van der Waals surface area contributed by atoms with Crippen molar-refractivity contribution in [3.05, 3.63) is 41.9 Å². The predicted molar refractivity (Wildman–Crippen MR) is 114 cm³/mol. The van der Waals surface area contributed by atoms with Gasteiger partial charge in [-0.05, 0) is 12.1 Å². The first-order valence-corrected chi connectivity index (χ1v) is 10.2. The lowest BCUT2D eigenvalue weighted by molar-refractivity contribution is -0.137. The Labute approximate surface area is 192 Å². The van der Waals surface area contributed by atoms with Gasteiger partial charge < -0.3 is 24.8 Å². The molecule has 0 amide bonds. The minimum absolute atomic E-state index is 0.0331. The lowest BCUT2D eigenvalue weighted by Gasteiger charge is -2.24. The summed E-state index contributed by atoms with van der Waals surface area (Å²) < 4.78 is 57.2. The van der Waals surface area contributed by atoms with E-state index in [4.69, 9.17) is 19.5 Å². The number of hydrogen-bond acceptors (Lipinski definition) is 9. The first-order chi connectivity index (χ1) is 16.4. The van der Waals surface area contributed by atoms with Crippen molar-refractivity contribution in [2.75, 3.05) is 38.7 Å². The Balaban J connectivity index is 1.65. The minimum Gasteiger partial charge on any atom is -0.496 e. The molecule has 0 radical (unpaired) electrons. The molecule has 4 rings (SSSR count). The van der Waals surface area contributed by atoms with Crippen molar-refractivity contribution in [2.24, 2.45) is 0 Å². The molecule has 0 saturated carbocycles. The zero-order chi connectivity index (χ0) is 24.1. The quantitative estimate of drug-likeness (QED) is 0.472. The van der Waals surface area contributed by atoms with Gasteiger partial charge in [0.25, 0.3) is 0 Å². The average Bonchev–Trinajstić information content (AvgIpc) is 3.30. The topological polar surface area (TPSA) is 130 Å². The van der Waals surface area contributed by atoms with Crippen LogP contribution in [0.4, 0.5) is 24.8 Å². The molecular formula is C21H20F3N7O3. The van der Waals surface area contributed by atoms with Crippen LogP contribution >= 0.6 is 0 Å². The SMILES string of the molecule is COc1cc(C(F)(F)F)cc(OC[C@@H]2CNCCO2)c1-c1cc(Nc2cnc(C#N)cn2)n[nH]1. The van der Waals surface area contributed by atoms with E-state index in [2.05, 4.69) is 30.8 Å². The molecular weight excluding hydrogens is 455 g/mol. The number of ether oxygens (including phenoxy) is 3. The molecule has 1 fully saturated rings. The number of anilines is 2. The van der Waals surface area contributed by atoms with Crippen LogP contribution in [0.3, 0.4) is 0 Å². The number of morpholine rings is 1. The molecule has 1 aliphatic heterocycles. The first kappa shape index (κ1) is 23.3. The van der Waals surface area contributed by atoms with Gasteiger partial charge in [-0.3, -0.25) is 5.10 Å². The molecule has 3 aromatic rings. The van der Waals surface area contributed by atoms with Crippen LogP contribution in [0.15, 0.2) is 30.6 Å². The smallest absolute Gasteiger partial charge is 0.416 e. The van der Waals surface area contributed by atoms with Crippen LogP contribution in [-0.4, -0.2) is 59.7 Å². The van der Waals surface area contributed by atoms with Gasteiger partial charge in [0.15, 0.2) is 11.5 Å². The van der Waals surface area contributed by atoms with E-state index >= 15 is 0 Å². The molecule has 10 nitrogen and oxygen atoms in total.